The number of hydrogen-bond donors (Lipinski definition) is 2. The minimum atomic E-state index is -0.551. The van der Waals surface area contributed by atoms with Crippen LogP contribution in [0.2, 0.25) is 0 Å². The van der Waals surface area contributed by atoms with Crippen molar-refractivity contribution in [2.45, 2.75) is 20.0 Å². The third-order valence-electron chi connectivity index (χ3n) is 3.46. The molecule has 0 aromatic heterocycles. The zero-order valence-electron chi connectivity index (χ0n) is 14.4. The molecule has 2 rings (SSSR count). The van der Waals surface area contributed by atoms with E-state index in [4.69, 9.17) is 9.47 Å². The molecule has 0 heterocycles. The molecule has 6 heteroatoms. The molecule has 0 fully saturated rings. The van der Waals surface area contributed by atoms with Crippen molar-refractivity contribution in [1.29, 1.82) is 0 Å². The van der Waals surface area contributed by atoms with E-state index in [1.54, 1.807) is 13.2 Å². The SMILES string of the molecule is COc1ccc(C)cc1NC(=O)CCNC(=O)OCc1ccccc1. The highest BCUT2D eigenvalue weighted by molar-refractivity contribution is 5.92. The fourth-order valence-electron chi connectivity index (χ4n) is 2.18. The first-order chi connectivity index (χ1) is 12.1. The van der Waals surface area contributed by atoms with Gasteiger partial charge in [0.1, 0.15) is 12.4 Å². The summed E-state index contributed by atoms with van der Waals surface area (Å²) in [5.74, 6) is 0.376. The molecule has 0 aliphatic rings. The summed E-state index contributed by atoms with van der Waals surface area (Å²) in [5, 5.41) is 5.33. The van der Waals surface area contributed by atoms with Crippen molar-refractivity contribution in [2.75, 3.05) is 19.0 Å². The third kappa shape index (κ3) is 6.18. The van der Waals surface area contributed by atoms with Gasteiger partial charge < -0.3 is 20.1 Å². The molecule has 2 aromatic rings. The molecule has 0 aliphatic carbocycles. The Kier molecular flexibility index (Phi) is 6.83. The van der Waals surface area contributed by atoms with E-state index in [0.717, 1.165) is 11.1 Å². The van der Waals surface area contributed by atoms with Crippen molar-refractivity contribution in [1.82, 2.24) is 5.32 Å². The number of aryl methyl sites for hydroxylation is 1. The molecule has 0 saturated carbocycles. The normalized spacial score (nSPS) is 10.0. The highest BCUT2D eigenvalue weighted by Crippen LogP contribution is 2.25. The van der Waals surface area contributed by atoms with Crippen LogP contribution in [0.3, 0.4) is 0 Å². The van der Waals surface area contributed by atoms with Gasteiger partial charge in [0, 0.05) is 13.0 Å². The lowest BCUT2D eigenvalue weighted by Gasteiger charge is -2.11. The van der Waals surface area contributed by atoms with Gasteiger partial charge in [0.25, 0.3) is 0 Å². The Morgan fingerprint density at radius 2 is 1.84 bits per heavy atom. The zero-order valence-corrected chi connectivity index (χ0v) is 14.4. The molecule has 132 valence electrons. The van der Waals surface area contributed by atoms with Gasteiger partial charge >= 0.3 is 6.09 Å². The van der Waals surface area contributed by atoms with Gasteiger partial charge in [0.15, 0.2) is 0 Å². The van der Waals surface area contributed by atoms with Crippen LogP contribution >= 0.6 is 0 Å². The lowest BCUT2D eigenvalue weighted by molar-refractivity contribution is -0.116. The minimum absolute atomic E-state index is 0.136. The largest absolute Gasteiger partial charge is 0.495 e. The molecule has 0 spiro atoms. The van der Waals surface area contributed by atoms with Crippen molar-refractivity contribution in [3.63, 3.8) is 0 Å². The molecule has 25 heavy (non-hydrogen) atoms. The van der Waals surface area contributed by atoms with E-state index in [-0.39, 0.29) is 25.5 Å². The van der Waals surface area contributed by atoms with Gasteiger partial charge in [-0.25, -0.2) is 4.79 Å². The summed E-state index contributed by atoms with van der Waals surface area (Å²) in [6, 6.07) is 14.9. The number of ether oxygens (including phenoxy) is 2. The molecule has 6 nitrogen and oxygen atoms in total. The second-order valence-corrected chi connectivity index (χ2v) is 5.49. The van der Waals surface area contributed by atoms with Gasteiger partial charge in [-0.1, -0.05) is 36.4 Å². The zero-order chi connectivity index (χ0) is 18.1. The van der Waals surface area contributed by atoms with E-state index >= 15 is 0 Å². The number of nitrogens with one attached hydrogen (secondary N) is 2. The maximum absolute atomic E-state index is 12.0. The Morgan fingerprint density at radius 1 is 1.08 bits per heavy atom. The number of carbonyl (C=O) groups is 2. The number of methoxy groups -OCH3 is 1. The predicted molar refractivity (Wildman–Crippen MR) is 95.6 cm³/mol. The van der Waals surface area contributed by atoms with E-state index in [1.165, 1.54) is 0 Å². The number of hydrogen-bond acceptors (Lipinski definition) is 4. The maximum Gasteiger partial charge on any atom is 0.407 e. The van der Waals surface area contributed by atoms with Gasteiger partial charge in [-0.3, -0.25) is 4.79 Å². The fraction of sp³-hybridized carbons (Fsp3) is 0.263. The van der Waals surface area contributed by atoms with Gasteiger partial charge in [0.2, 0.25) is 5.91 Å². The average molecular weight is 342 g/mol. The van der Waals surface area contributed by atoms with Crippen molar-refractivity contribution >= 4 is 17.7 Å². The number of anilines is 1. The Balaban J connectivity index is 1.71. The average Bonchev–Trinajstić information content (AvgIpc) is 2.61. The first-order valence-corrected chi connectivity index (χ1v) is 7.97. The lowest BCUT2D eigenvalue weighted by Crippen LogP contribution is -2.28. The highest BCUT2D eigenvalue weighted by Gasteiger charge is 2.09. The van der Waals surface area contributed by atoms with E-state index in [9.17, 15) is 9.59 Å². The number of amides is 2. The standard InChI is InChI=1S/C19H22N2O4/c1-14-8-9-17(24-2)16(12-14)21-18(22)10-11-20-19(23)25-13-15-6-4-3-5-7-15/h3-9,12H,10-11,13H2,1-2H3,(H,20,23)(H,21,22). The first-order valence-electron chi connectivity index (χ1n) is 7.97. The van der Waals surface area contributed by atoms with Crippen LogP contribution in [0, 0.1) is 6.92 Å². The van der Waals surface area contributed by atoms with Crippen LogP contribution in [-0.2, 0) is 16.1 Å². The summed E-state index contributed by atoms with van der Waals surface area (Å²) in [5.41, 5.74) is 2.53. The molecule has 0 bridgehead atoms. The lowest BCUT2D eigenvalue weighted by atomic mass is 10.2. The van der Waals surface area contributed by atoms with Crippen LogP contribution in [0.1, 0.15) is 17.5 Å². The Hall–Kier alpha value is -3.02. The minimum Gasteiger partial charge on any atom is -0.495 e. The van der Waals surface area contributed by atoms with Crippen LogP contribution in [-0.4, -0.2) is 25.7 Å². The Morgan fingerprint density at radius 3 is 2.56 bits per heavy atom. The quantitative estimate of drug-likeness (QED) is 0.810. The van der Waals surface area contributed by atoms with Crippen LogP contribution in [0.15, 0.2) is 48.5 Å². The van der Waals surface area contributed by atoms with Crippen molar-refractivity contribution in [2.24, 2.45) is 0 Å². The molecule has 0 atom stereocenters. The number of rotatable bonds is 7. The summed E-state index contributed by atoms with van der Waals surface area (Å²) in [7, 11) is 1.55. The Labute approximate surface area is 147 Å². The van der Waals surface area contributed by atoms with Crippen molar-refractivity contribution in [3.05, 3.63) is 59.7 Å². The van der Waals surface area contributed by atoms with Crippen LogP contribution in [0.25, 0.3) is 0 Å². The number of benzene rings is 2. The Bertz CT molecular complexity index is 717. The van der Waals surface area contributed by atoms with E-state index in [0.29, 0.717) is 11.4 Å². The highest BCUT2D eigenvalue weighted by atomic mass is 16.5. The summed E-state index contributed by atoms with van der Waals surface area (Å²) in [6.07, 6.45) is -0.415. The predicted octanol–water partition coefficient (Wildman–Crippen LogP) is 3.26. The summed E-state index contributed by atoms with van der Waals surface area (Å²) in [4.78, 5) is 23.6. The molecule has 2 amide bonds. The molecule has 0 saturated heterocycles. The molecule has 2 aromatic carbocycles. The third-order valence-corrected chi connectivity index (χ3v) is 3.46. The molecule has 0 unspecified atom stereocenters. The van der Waals surface area contributed by atoms with E-state index < -0.39 is 6.09 Å². The molecular formula is C19H22N2O4. The topological polar surface area (TPSA) is 76.7 Å². The van der Waals surface area contributed by atoms with E-state index in [2.05, 4.69) is 10.6 Å². The van der Waals surface area contributed by atoms with Crippen LogP contribution in [0.4, 0.5) is 10.5 Å². The van der Waals surface area contributed by atoms with Crippen LogP contribution in [0.5, 0.6) is 5.75 Å². The smallest absolute Gasteiger partial charge is 0.407 e. The first kappa shape index (κ1) is 18.3. The number of carbonyl (C=O) groups excluding carboxylic acids is 2. The van der Waals surface area contributed by atoms with Crippen molar-refractivity contribution < 1.29 is 19.1 Å². The summed E-state index contributed by atoms with van der Waals surface area (Å²) in [6.45, 7) is 2.31. The van der Waals surface area contributed by atoms with Gasteiger partial charge in [-0.15, -0.1) is 0 Å². The second kappa shape index (κ2) is 9.32. The molecule has 0 aliphatic heterocycles. The molecule has 0 radical (unpaired) electrons. The van der Waals surface area contributed by atoms with Gasteiger partial charge in [-0.05, 0) is 30.2 Å². The van der Waals surface area contributed by atoms with Crippen LogP contribution < -0.4 is 15.4 Å². The van der Waals surface area contributed by atoms with E-state index in [1.807, 2.05) is 49.4 Å². The molecular weight excluding hydrogens is 320 g/mol. The van der Waals surface area contributed by atoms with Gasteiger partial charge in [-0.2, -0.15) is 0 Å². The monoisotopic (exact) mass is 342 g/mol. The van der Waals surface area contributed by atoms with Crippen molar-refractivity contribution in [3.8, 4) is 5.75 Å². The summed E-state index contributed by atoms with van der Waals surface area (Å²) < 4.78 is 10.3. The number of alkyl carbamates (subject to hydrolysis) is 1. The van der Waals surface area contributed by atoms with Gasteiger partial charge in [0.05, 0.1) is 12.8 Å². The maximum atomic E-state index is 12.0. The second-order valence-electron chi connectivity index (χ2n) is 5.49. The molecule has 2 N–H and O–H groups in total. The fourth-order valence-corrected chi connectivity index (χ4v) is 2.18. The summed E-state index contributed by atoms with van der Waals surface area (Å²) >= 11 is 0.